The van der Waals surface area contributed by atoms with E-state index in [-0.39, 0.29) is 24.6 Å². The van der Waals surface area contributed by atoms with Gasteiger partial charge in [0.1, 0.15) is 6.33 Å². The zero-order valence-corrected chi connectivity index (χ0v) is 14.4. The molecule has 0 saturated carbocycles. The molecule has 128 valence electrons. The first-order valence-electron chi connectivity index (χ1n) is 7.34. The molecule has 0 unspecified atom stereocenters. The van der Waals surface area contributed by atoms with Gasteiger partial charge >= 0.3 is 0 Å². The van der Waals surface area contributed by atoms with Crippen LogP contribution >= 0.6 is 23.2 Å². The number of nitrogens with one attached hydrogen (secondary N) is 1. The number of amides is 1. The third-order valence-electron chi connectivity index (χ3n) is 3.41. The van der Waals surface area contributed by atoms with Gasteiger partial charge in [0.05, 0.1) is 16.6 Å². The van der Waals surface area contributed by atoms with Gasteiger partial charge in [-0.05, 0) is 24.3 Å². The first-order valence-corrected chi connectivity index (χ1v) is 8.10. The monoisotopic (exact) mass is 377 g/mol. The summed E-state index contributed by atoms with van der Waals surface area (Å²) in [6.45, 7) is 0.466. The molecule has 3 aromatic rings. The highest BCUT2D eigenvalue weighted by atomic mass is 35.5. The van der Waals surface area contributed by atoms with E-state index in [0.29, 0.717) is 21.4 Å². The van der Waals surface area contributed by atoms with E-state index in [1.54, 1.807) is 41.5 Å². The fourth-order valence-electron chi connectivity index (χ4n) is 2.15. The molecule has 1 N–H and O–H groups in total. The maximum atomic E-state index is 12.1. The minimum absolute atomic E-state index is 0.231. The Morgan fingerprint density at radius 1 is 1.16 bits per heavy atom. The van der Waals surface area contributed by atoms with Gasteiger partial charge in [-0.3, -0.25) is 14.2 Å². The molecule has 3 rings (SSSR count). The second-order valence-corrected chi connectivity index (χ2v) is 5.92. The molecule has 0 spiro atoms. The van der Waals surface area contributed by atoms with E-state index in [1.165, 1.54) is 16.8 Å². The molecule has 9 heteroatoms. The van der Waals surface area contributed by atoms with E-state index in [9.17, 15) is 9.59 Å². The van der Waals surface area contributed by atoms with E-state index >= 15 is 0 Å². The molecule has 0 radical (unpaired) electrons. The van der Waals surface area contributed by atoms with Gasteiger partial charge in [-0.25, -0.2) is 9.67 Å². The highest BCUT2D eigenvalue weighted by Crippen LogP contribution is 2.22. The highest BCUT2D eigenvalue weighted by molar-refractivity contribution is 6.42. The van der Waals surface area contributed by atoms with Gasteiger partial charge in [0.15, 0.2) is 5.82 Å². The van der Waals surface area contributed by atoms with E-state index < -0.39 is 0 Å². The molecule has 0 atom stereocenters. The fraction of sp³-hybridized carbons (Fsp3) is 0.125. The number of hydrogen-bond acceptors (Lipinski definition) is 4. The number of halogens is 2. The Labute approximate surface area is 152 Å². The summed E-state index contributed by atoms with van der Waals surface area (Å²) >= 11 is 11.7. The van der Waals surface area contributed by atoms with Crippen LogP contribution < -0.4 is 10.9 Å². The molecule has 1 aromatic carbocycles. The lowest BCUT2D eigenvalue weighted by Gasteiger charge is -2.09. The SMILES string of the molecule is O=C(NCCn1nc(-n2ccnc2)ccc1=O)c1ccc(Cl)c(Cl)c1. The van der Waals surface area contributed by atoms with Crippen molar-refractivity contribution in [3.8, 4) is 5.82 Å². The number of hydrogen-bond donors (Lipinski definition) is 1. The topological polar surface area (TPSA) is 81.8 Å². The van der Waals surface area contributed by atoms with Gasteiger partial charge in [-0.2, -0.15) is 5.10 Å². The Hall–Kier alpha value is -2.64. The van der Waals surface area contributed by atoms with Crippen molar-refractivity contribution in [1.82, 2.24) is 24.6 Å². The molecule has 1 amide bonds. The molecule has 2 aromatic heterocycles. The van der Waals surface area contributed by atoms with E-state index in [2.05, 4.69) is 15.4 Å². The standard InChI is InChI=1S/C16H13Cl2N5O2/c17-12-2-1-11(9-13(12)18)16(25)20-6-8-23-15(24)4-3-14(21-23)22-7-5-19-10-22/h1-5,7,9-10H,6,8H2,(H,20,25). The number of carbonyl (C=O) groups is 1. The van der Waals surface area contributed by atoms with Crippen LogP contribution in [-0.4, -0.2) is 31.8 Å². The molecule has 25 heavy (non-hydrogen) atoms. The van der Waals surface area contributed by atoms with Crippen LogP contribution in [0.25, 0.3) is 5.82 Å². The number of carbonyl (C=O) groups excluding carboxylic acids is 1. The van der Waals surface area contributed by atoms with Crippen molar-refractivity contribution in [2.24, 2.45) is 0 Å². The Morgan fingerprint density at radius 3 is 2.72 bits per heavy atom. The van der Waals surface area contributed by atoms with Crippen LogP contribution in [0.2, 0.25) is 10.0 Å². The van der Waals surface area contributed by atoms with Gasteiger partial charge in [0, 0.05) is 30.6 Å². The van der Waals surface area contributed by atoms with Crippen molar-refractivity contribution < 1.29 is 4.79 Å². The maximum Gasteiger partial charge on any atom is 0.266 e. The number of nitrogens with zero attached hydrogens (tertiary/aromatic N) is 4. The summed E-state index contributed by atoms with van der Waals surface area (Å²) in [6, 6.07) is 7.65. The molecule has 7 nitrogen and oxygen atoms in total. The van der Waals surface area contributed by atoms with Crippen molar-refractivity contribution >= 4 is 29.1 Å². The average molecular weight is 378 g/mol. The molecule has 0 aliphatic carbocycles. The van der Waals surface area contributed by atoms with E-state index in [0.717, 1.165) is 0 Å². The molecular formula is C16H13Cl2N5O2. The molecule has 0 fully saturated rings. The van der Waals surface area contributed by atoms with Crippen LogP contribution in [0.3, 0.4) is 0 Å². The van der Waals surface area contributed by atoms with Crippen LogP contribution in [0.5, 0.6) is 0 Å². The molecule has 2 heterocycles. The average Bonchev–Trinajstić information content (AvgIpc) is 3.13. The third-order valence-corrected chi connectivity index (χ3v) is 4.15. The quantitative estimate of drug-likeness (QED) is 0.738. The second-order valence-electron chi connectivity index (χ2n) is 5.11. The van der Waals surface area contributed by atoms with Gasteiger partial charge in [-0.1, -0.05) is 23.2 Å². The lowest BCUT2D eigenvalue weighted by atomic mass is 10.2. The lowest BCUT2D eigenvalue weighted by molar-refractivity contribution is 0.0951. The van der Waals surface area contributed by atoms with Crippen molar-refractivity contribution in [2.45, 2.75) is 6.54 Å². The van der Waals surface area contributed by atoms with Gasteiger partial charge in [0.2, 0.25) is 0 Å². The van der Waals surface area contributed by atoms with Gasteiger partial charge < -0.3 is 5.32 Å². The van der Waals surface area contributed by atoms with E-state index in [4.69, 9.17) is 23.2 Å². The smallest absolute Gasteiger partial charge is 0.266 e. The number of benzene rings is 1. The molecule has 0 aliphatic heterocycles. The molecule has 0 saturated heterocycles. The summed E-state index contributed by atoms with van der Waals surface area (Å²) in [6.07, 6.45) is 4.93. The Bertz CT molecular complexity index is 953. The number of aromatic nitrogens is 4. The number of imidazole rings is 1. The minimum Gasteiger partial charge on any atom is -0.350 e. The van der Waals surface area contributed by atoms with Crippen molar-refractivity contribution in [2.75, 3.05) is 6.54 Å². The fourth-order valence-corrected chi connectivity index (χ4v) is 2.44. The lowest BCUT2D eigenvalue weighted by Crippen LogP contribution is -2.32. The minimum atomic E-state index is -0.308. The molecule has 0 aliphatic rings. The first-order chi connectivity index (χ1) is 12.0. The van der Waals surface area contributed by atoms with Crippen LogP contribution in [0.1, 0.15) is 10.4 Å². The van der Waals surface area contributed by atoms with Crippen molar-refractivity contribution in [1.29, 1.82) is 0 Å². The summed E-state index contributed by atoms with van der Waals surface area (Å²) in [5, 5.41) is 7.65. The van der Waals surface area contributed by atoms with Crippen molar-refractivity contribution in [3.63, 3.8) is 0 Å². The zero-order valence-electron chi connectivity index (χ0n) is 12.9. The predicted octanol–water partition coefficient (Wildman–Crippen LogP) is 2.17. The molecule has 0 bridgehead atoms. The van der Waals surface area contributed by atoms with Crippen LogP contribution in [0.15, 0.2) is 53.8 Å². The van der Waals surface area contributed by atoms with Crippen LogP contribution in [0, 0.1) is 0 Å². The van der Waals surface area contributed by atoms with E-state index in [1.807, 2.05) is 0 Å². The molecular weight excluding hydrogens is 365 g/mol. The summed E-state index contributed by atoms with van der Waals surface area (Å²) in [7, 11) is 0. The number of rotatable bonds is 5. The van der Waals surface area contributed by atoms with Crippen LogP contribution in [-0.2, 0) is 6.54 Å². The van der Waals surface area contributed by atoms with Gasteiger partial charge in [0.25, 0.3) is 11.5 Å². The summed E-state index contributed by atoms with van der Waals surface area (Å²) in [5.41, 5.74) is 0.134. The van der Waals surface area contributed by atoms with Gasteiger partial charge in [-0.15, -0.1) is 0 Å². The normalized spacial score (nSPS) is 10.6. The highest BCUT2D eigenvalue weighted by Gasteiger charge is 2.08. The third kappa shape index (κ3) is 4.07. The van der Waals surface area contributed by atoms with Crippen LogP contribution in [0.4, 0.5) is 0 Å². The van der Waals surface area contributed by atoms with Crippen molar-refractivity contribution in [3.05, 3.63) is 75.0 Å². The predicted molar refractivity (Wildman–Crippen MR) is 94.4 cm³/mol. The maximum absolute atomic E-state index is 12.1. The Kier molecular flexibility index (Phi) is 5.16. The zero-order chi connectivity index (χ0) is 17.8. The summed E-state index contributed by atoms with van der Waals surface area (Å²) in [4.78, 5) is 27.9. The Balaban J connectivity index is 1.65. The summed E-state index contributed by atoms with van der Waals surface area (Å²) < 4.78 is 2.97. The summed E-state index contributed by atoms with van der Waals surface area (Å²) in [5.74, 6) is 0.255. The Morgan fingerprint density at radius 2 is 2.00 bits per heavy atom. The second kappa shape index (κ2) is 7.50. The largest absolute Gasteiger partial charge is 0.350 e. The first kappa shape index (κ1) is 17.2.